The molecule has 8 heteroatoms. The summed E-state index contributed by atoms with van der Waals surface area (Å²) in [5.41, 5.74) is 0.231. The Balaban J connectivity index is 2.17. The Morgan fingerprint density at radius 3 is 2.70 bits per heavy atom. The summed E-state index contributed by atoms with van der Waals surface area (Å²) in [5.74, 6) is -2.03. The van der Waals surface area contributed by atoms with Crippen LogP contribution in [0, 0.1) is 5.92 Å². The van der Waals surface area contributed by atoms with Gasteiger partial charge in [-0.05, 0) is 31.0 Å². The molecule has 0 radical (unpaired) electrons. The quantitative estimate of drug-likeness (QED) is 0.896. The molecule has 1 fully saturated rings. The molecular formula is C15H17F2NO5. The van der Waals surface area contributed by atoms with Crippen molar-refractivity contribution in [1.82, 2.24) is 4.90 Å². The first kappa shape index (κ1) is 17.0. The third kappa shape index (κ3) is 4.08. The van der Waals surface area contributed by atoms with E-state index in [0.717, 1.165) is 0 Å². The standard InChI is InChI=1S/C15H17F2NO5/c1-22-12-7-9(4-5-11(12)23-15(16)17)13(19)18-6-2-3-10(8-18)14(20)21/h4-5,7,10,15H,2-3,6,8H2,1H3,(H,20,21)/t10-/m0/s1. The number of hydrogen-bond acceptors (Lipinski definition) is 4. The van der Waals surface area contributed by atoms with E-state index in [9.17, 15) is 18.4 Å². The van der Waals surface area contributed by atoms with E-state index in [1.807, 2.05) is 0 Å². The zero-order valence-corrected chi connectivity index (χ0v) is 12.5. The zero-order chi connectivity index (χ0) is 17.0. The van der Waals surface area contributed by atoms with Crippen molar-refractivity contribution in [2.75, 3.05) is 20.2 Å². The molecule has 1 aromatic carbocycles. The number of amides is 1. The van der Waals surface area contributed by atoms with Crippen LogP contribution in [0.25, 0.3) is 0 Å². The number of carboxylic acids is 1. The maximum Gasteiger partial charge on any atom is 0.387 e. The average Bonchev–Trinajstić information content (AvgIpc) is 2.54. The van der Waals surface area contributed by atoms with Crippen molar-refractivity contribution >= 4 is 11.9 Å². The number of aliphatic carboxylic acids is 1. The van der Waals surface area contributed by atoms with Crippen LogP contribution in [0.15, 0.2) is 18.2 Å². The minimum Gasteiger partial charge on any atom is -0.493 e. The Labute approximate surface area is 131 Å². The fourth-order valence-electron chi connectivity index (χ4n) is 2.54. The van der Waals surface area contributed by atoms with Crippen LogP contribution in [0.3, 0.4) is 0 Å². The highest BCUT2D eigenvalue weighted by Crippen LogP contribution is 2.30. The van der Waals surface area contributed by atoms with E-state index in [4.69, 9.17) is 9.84 Å². The highest BCUT2D eigenvalue weighted by Gasteiger charge is 2.29. The Morgan fingerprint density at radius 1 is 1.35 bits per heavy atom. The third-order valence-electron chi connectivity index (χ3n) is 3.68. The maximum atomic E-state index is 12.5. The summed E-state index contributed by atoms with van der Waals surface area (Å²) in [6.07, 6.45) is 1.13. The van der Waals surface area contributed by atoms with Gasteiger partial charge in [-0.25, -0.2) is 0 Å². The van der Waals surface area contributed by atoms with E-state index in [1.165, 1.54) is 30.2 Å². The molecule has 1 N–H and O–H groups in total. The monoisotopic (exact) mass is 329 g/mol. The Kier molecular flexibility index (Phi) is 5.36. The van der Waals surface area contributed by atoms with Crippen molar-refractivity contribution in [3.8, 4) is 11.5 Å². The van der Waals surface area contributed by atoms with Crippen LogP contribution in [0.4, 0.5) is 8.78 Å². The highest BCUT2D eigenvalue weighted by atomic mass is 19.3. The number of carbonyl (C=O) groups is 2. The molecule has 1 atom stereocenters. The number of hydrogen-bond donors (Lipinski definition) is 1. The second-order valence-electron chi connectivity index (χ2n) is 5.17. The van der Waals surface area contributed by atoms with E-state index in [2.05, 4.69) is 4.74 Å². The summed E-state index contributed by atoms with van der Waals surface area (Å²) in [5, 5.41) is 9.07. The van der Waals surface area contributed by atoms with E-state index < -0.39 is 18.5 Å². The van der Waals surface area contributed by atoms with Gasteiger partial charge in [-0.2, -0.15) is 8.78 Å². The molecule has 0 aromatic heterocycles. The Hall–Kier alpha value is -2.38. The number of nitrogens with zero attached hydrogens (tertiary/aromatic N) is 1. The van der Waals surface area contributed by atoms with E-state index in [1.54, 1.807) is 0 Å². The van der Waals surface area contributed by atoms with Gasteiger partial charge in [0.2, 0.25) is 0 Å². The number of rotatable bonds is 5. The molecule has 126 valence electrons. The van der Waals surface area contributed by atoms with Gasteiger partial charge in [-0.1, -0.05) is 0 Å². The molecule has 0 saturated carbocycles. The van der Waals surface area contributed by atoms with Crippen LogP contribution < -0.4 is 9.47 Å². The number of alkyl halides is 2. The predicted molar refractivity (Wildman–Crippen MR) is 75.9 cm³/mol. The molecule has 0 bridgehead atoms. The van der Waals surface area contributed by atoms with Crippen molar-refractivity contribution < 1.29 is 33.0 Å². The van der Waals surface area contributed by atoms with Crippen LogP contribution in [-0.2, 0) is 4.79 Å². The van der Waals surface area contributed by atoms with Gasteiger partial charge in [0.1, 0.15) is 0 Å². The topological polar surface area (TPSA) is 76.1 Å². The molecule has 1 saturated heterocycles. The summed E-state index contributed by atoms with van der Waals surface area (Å²) >= 11 is 0. The number of ether oxygens (including phenoxy) is 2. The first-order valence-electron chi connectivity index (χ1n) is 7.07. The molecule has 1 aromatic rings. The lowest BCUT2D eigenvalue weighted by Crippen LogP contribution is -2.42. The third-order valence-corrected chi connectivity index (χ3v) is 3.68. The van der Waals surface area contributed by atoms with Gasteiger partial charge >= 0.3 is 12.6 Å². The summed E-state index contributed by atoms with van der Waals surface area (Å²) in [6, 6.07) is 3.90. The molecule has 1 aliphatic heterocycles. The molecule has 6 nitrogen and oxygen atoms in total. The Morgan fingerprint density at radius 2 is 2.09 bits per heavy atom. The van der Waals surface area contributed by atoms with E-state index in [-0.39, 0.29) is 29.5 Å². The van der Waals surface area contributed by atoms with Gasteiger partial charge < -0.3 is 19.5 Å². The fraction of sp³-hybridized carbons (Fsp3) is 0.467. The molecule has 1 amide bonds. The summed E-state index contributed by atoms with van der Waals surface area (Å²) in [7, 11) is 1.28. The number of carbonyl (C=O) groups excluding carboxylic acids is 1. The number of benzene rings is 1. The molecular weight excluding hydrogens is 312 g/mol. The van der Waals surface area contributed by atoms with Gasteiger partial charge in [-0.3, -0.25) is 9.59 Å². The smallest absolute Gasteiger partial charge is 0.387 e. The molecule has 23 heavy (non-hydrogen) atoms. The second-order valence-corrected chi connectivity index (χ2v) is 5.17. The molecule has 2 rings (SSSR count). The lowest BCUT2D eigenvalue weighted by atomic mass is 9.97. The summed E-state index contributed by atoms with van der Waals surface area (Å²) < 4.78 is 33.9. The van der Waals surface area contributed by atoms with E-state index >= 15 is 0 Å². The Bertz CT molecular complexity index is 593. The second kappa shape index (κ2) is 7.26. The average molecular weight is 329 g/mol. The fourth-order valence-corrected chi connectivity index (χ4v) is 2.54. The lowest BCUT2D eigenvalue weighted by molar-refractivity contribution is -0.143. The predicted octanol–water partition coefficient (Wildman–Crippen LogP) is 2.23. The van der Waals surface area contributed by atoms with Crippen molar-refractivity contribution in [1.29, 1.82) is 0 Å². The van der Waals surface area contributed by atoms with Gasteiger partial charge in [0, 0.05) is 18.7 Å². The van der Waals surface area contributed by atoms with Crippen molar-refractivity contribution in [3.05, 3.63) is 23.8 Å². The van der Waals surface area contributed by atoms with Gasteiger partial charge in [-0.15, -0.1) is 0 Å². The number of likely N-dealkylation sites (tertiary alicyclic amines) is 1. The number of piperidine rings is 1. The normalized spacial score (nSPS) is 17.9. The van der Waals surface area contributed by atoms with E-state index in [0.29, 0.717) is 19.4 Å². The van der Waals surface area contributed by atoms with Crippen LogP contribution in [0.1, 0.15) is 23.2 Å². The maximum absolute atomic E-state index is 12.5. The van der Waals surface area contributed by atoms with Crippen molar-refractivity contribution in [2.45, 2.75) is 19.5 Å². The summed E-state index contributed by atoms with van der Waals surface area (Å²) in [4.78, 5) is 25.0. The first-order valence-corrected chi connectivity index (χ1v) is 7.07. The lowest BCUT2D eigenvalue weighted by Gasteiger charge is -2.30. The molecule has 0 spiro atoms. The minimum atomic E-state index is -3.00. The molecule has 0 aliphatic carbocycles. The zero-order valence-electron chi connectivity index (χ0n) is 12.5. The number of halogens is 2. The highest BCUT2D eigenvalue weighted by molar-refractivity contribution is 5.95. The largest absolute Gasteiger partial charge is 0.493 e. The summed E-state index contributed by atoms with van der Waals surface area (Å²) in [6.45, 7) is -2.41. The van der Waals surface area contributed by atoms with Gasteiger partial charge in [0.25, 0.3) is 5.91 Å². The van der Waals surface area contributed by atoms with Crippen molar-refractivity contribution in [3.63, 3.8) is 0 Å². The molecule has 1 heterocycles. The van der Waals surface area contributed by atoms with Gasteiger partial charge in [0.05, 0.1) is 13.0 Å². The van der Waals surface area contributed by atoms with Crippen LogP contribution in [0.2, 0.25) is 0 Å². The number of carboxylic acid groups (broad SMARTS) is 1. The SMILES string of the molecule is COc1cc(C(=O)N2CCC[C@H](C(=O)O)C2)ccc1OC(F)F. The van der Waals surface area contributed by atoms with Crippen LogP contribution in [-0.4, -0.2) is 48.7 Å². The van der Waals surface area contributed by atoms with Crippen LogP contribution >= 0.6 is 0 Å². The molecule has 1 aliphatic rings. The van der Waals surface area contributed by atoms with Crippen LogP contribution in [0.5, 0.6) is 11.5 Å². The first-order chi connectivity index (χ1) is 10.9. The number of methoxy groups -OCH3 is 1. The van der Waals surface area contributed by atoms with Gasteiger partial charge in [0.15, 0.2) is 11.5 Å². The van der Waals surface area contributed by atoms with Crippen molar-refractivity contribution in [2.24, 2.45) is 5.92 Å². The molecule has 0 unspecified atom stereocenters. The minimum absolute atomic E-state index is 0.0166.